The van der Waals surface area contributed by atoms with E-state index < -0.39 is 0 Å². The van der Waals surface area contributed by atoms with Gasteiger partial charge in [-0.25, -0.2) is 9.97 Å². The normalized spacial score (nSPS) is 12.4. The molecule has 0 saturated carbocycles. The molecule has 0 bridgehead atoms. The summed E-state index contributed by atoms with van der Waals surface area (Å²) in [6, 6.07) is 4.56. The maximum atomic E-state index is 4.48. The minimum absolute atomic E-state index is 0.278. The Balaban J connectivity index is 2.32. The standard InChI is InChI=1S/C16H24N4S/c1-5-7-12-15(17-4)18-10-19-16(12)20-14(11(2)3)13-8-6-9-21-13/h6,8-11,14H,5,7H2,1-4H3,(H2,17,18,19,20). The second-order valence-electron chi connectivity index (χ2n) is 5.43. The predicted octanol–water partition coefficient (Wildman–Crippen LogP) is 4.34. The molecule has 1 unspecified atom stereocenters. The van der Waals surface area contributed by atoms with E-state index in [0.29, 0.717) is 5.92 Å². The summed E-state index contributed by atoms with van der Waals surface area (Å²) in [5, 5.41) is 8.92. The molecule has 0 aliphatic rings. The zero-order valence-corrected chi connectivity index (χ0v) is 14.0. The van der Waals surface area contributed by atoms with Crippen LogP contribution in [0.25, 0.3) is 0 Å². The Morgan fingerprint density at radius 1 is 1.24 bits per heavy atom. The molecule has 114 valence electrons. The highest BCUT2D eigenvalue weighted by Crippen LogP contribution is 2.31. The number of nitrogens with zero attached hydrogens (tertiary/aromatic N) is 2. The molecule has 0 saturated heterocycles. The van der Waals surface area contributed by atoms with E-state index in [1.165, 1.54) is 10.4 Å². The molecule has 2 N–H and O–H groups in total. The van der Waals surface area contributed by atoms with Gasteiger partial charge in [-0.15, -0.1) is 11.3 Å². The maximum Gasteiger partial charge on any atom is 0.135 e. The minimum Gasteiger partial charge on any atom is -0.373 e. The van der Waals surface area contributed by atoms with Crippen LogP contribution in [0.3, 0.4) is 0 Å². The van der Waals surface area contributed by atoms with Crippen LogP contribution in [0, 0.1) is 5.92 Å². The molecule has 0 radical (unpaired) electrons. The second kappa shape index (κ2) is 7.41. The second-order valence-corrected chi connectivity index (χ2v) is 6.41. The van der Waals surface area contributed by atoms with E-state index in [4.69, 9.17) is 0 Å². The molecule has 0 fully saturated rings. The van der Waals surface area contributed by atoms with Crippen LogP contribution in [0.5, 0.6) is 0 Å². The van der Waals surface area contributed by atoms with Crippen molar-refractivity contribution in [2.45, 2.75) is 39.7 Å². The third-order valence-electron chi connectivity index (χ3n) is 3.49. The van der Waals surface area contributed by atoms with Crippen molar-refractivity contribution in [1.29, 1.82) is 0 Å². The van der Waals surface area contributed by atoms with Crippen LogP contribution in [-0.2, 0) is 6.42 Å². The lowest BCUT2D eigenvalue weighted by Crippen LogP contribution is -2.18. The molecular weight excluding hydrogens is 280 g/mol. The molecule has 2 heterocycles. The van der Waals surface area contributed by atoms with Crippen molar-refractivity contribution < 1.29 is 0 Å². The summed E-state index contributed by atoms with van der Waals surface area (Å²) in [5.74, 6) is 2.36. The van der Waals surface area contributed by atoms with Gasteiger partial charge in [0.2, 0.25) is 0 Å². The van der Waals surface area contributed by atoms with Gasteiger partial charge in [0.1, 0.15) is 18.0 Å². The molecule has 4 nitrogen and oxygen atoms in total. The first-order valence-electron chi connectivity index (χ1n) is 7.48. The largest absolute Gasteiger partial charge is 0.373 e. The van der Waals surface area contributed by atoms with Crippen LogP contribution in [-0.4, -0.2) is 17.0 Å². The number of anilines is 2. The van der Waals surface area contributed by atoms with Crippen molar-refractivity contribution in [3.05, 3.63) is 34.3 Å². The molecule has 0 aliphatic carbocycles. The first kappa shape index (κ1) is 15.8. The zero-order valence-electron chi connectivity index (χ0n) is 13.2. The highest BCUT2D eigenvalue weighted by Gasteiger charge is 2.19. The van der Waals surface area contributed by atoms with Gasteiger partial charge < -0.3 is 10.6 Å². The van der Waals surface area contributed by atoms with Crippen LogP contribution < -0.4 is 10.6 Å². The van der Waals surface area contributed by atoms with Gasteiger partial charge in [-0.1, -0.05) is 33.3 Å². The fourth-order valence-electron chi connectivity index (χ4n) is 2.42. The molecule has 2 aromatic heterocycles. The van der Waals surface area contributed by atoms with Crippen LogP contribution in [0.15, 0.2) is 23.8 Å². The van der Waals surface area contributed by atoms with E-state index in [0.717, 1.165) is 24.5 Å². The SMILES string of the molecule is CCCc1c(NC)ncnc1NC(c1cccs1)C(C)C. The molecule has 0 aromatic carbocycles. The smallest absolute Gasteiger partial charge is 0.135 e. The molecule has 21 heavy (non-hydrogen) atoms. The fraction of sp³-hybridized carbons (Fsp3) is 0.500. The summed E-state index contributed by atoms with van der Waals surface area (Å²) >= 11 is 1.79. The summed E-state index contributed by atoms with van der Waals surface area (Å²) in [6.07, 6.45) is 3.66. The Kier molecular flexibility index (Phi) is 5.56. The van der Waals surface area contributed by atoms with Crippen LogP contribution in [0.4, 0.5) is 11.6 Å². The Bertz CT molecular complexity index is 551. The number of thiophene rings is 1. The molecule has 0 amide bonds. The van der Waals surface area contributed by atoms with Crippen LogP contribution in [0.1, 0.15) is 43.7 Å². The number of nitrogens with one attached hydrogen (secondary N) is 2. The highest BCUT2D eigenvalue weighted by molar-refractivity contribution is 7.10. The summed E-state index contributed by atoms with van der Waals surface area (Å²) in [6.45, 7) is 6.64. The third-order valence-corrected chi connectivity index (χ3v) is 4.45. The van der Waals surface area contributed by atoms with Crippen molar-refractivity contribution in [1.82, 2.24) is 9.97 Å². The van der Waals surface area contributed by atoms with Gasteiger partial charge in [0, 0.05) is 17.5 Å². The van der Waals surface area contributed by atoms with Gasteiger partial charge in [-0.3, -0.25) is 0 Å². The molecule has 0 aliphatic heterocycles. The predicted molar refractivity (Wildman–Crippen MR) is 91.1 cm³/mol. The van der Waals surface area contributed by atoms with Gasteiger partial charge in [-0.2, -0.15) is 0 Å². The Hall–Kier alpha value is -1.62. The van der Waals surface area contributed by atoms with Crippen LogP contribution in [0.2, 0.25) is 0 Å². The van der Waals surface area contributed by atoms with Gasteiger partial charge in [0.15, 0.2) is 0 Å². The average Bonchev–Trinajstić information content (AvgIpc) is 2.99. The number of rotatable bonds is 7. The molecule has 5 heteroatoms. The van der Waals surface area contributed by atoms with E-state index >= 15 is 0 Å². The van der Waals surface area contributed by atoms with Gasteiger partial charge in [0.25, 0.3) is 0 Å². The fourth-order valence-corrected chi connectivity index (χ4v) is 3.37. The molecular formula is C16H24N4S. The Morgan fingerprint density at radius 3 is 2.57 bits per heavy atom. The highest BCUT2D eigenvalue weighted by atomic mass is 32.1. The van der Waals surface area contributed by atoms with Gasteiger partial charge in [0.05, 0.1) is 6.04 Å². The monoisotopic (exact) mass is 304 g/mol. The summed E-state index contributed by atoms with van der Waals surface area (Å²) < 4.78 is 0. The topological polar surface area (TPSA) is 49.8 Å². The number of aromatic nitrogens is 2. The third kappa shape index (κ3) is 3.73. The molecule has 2 rings (SSSR count). The van der Waals surface area contributed by atoms with Gasteiger partial charge >= 0.3 is 0 Å². The van der Waals surface area contributed by atoms with Gasteiger partial charge in [-0.05, 0) is 23.8 Å². The van der Waals surface area contributed by atoms with Crippen molar-refractivity contribution in [2.75, 3.05) is 17.7 Å². The Morgan fingerprint density at radius 2 is 2.00 bits per heavy atom. The van der Waals surface area contributed by atoms with E-state index in [2.05, 4.69) is 58.9 Å². The first-order valence-corrected chi connectivity index (χ1v) is 8.36. The molecule has 0 spiro atoms. The zero-order chi connectivity index (χ0) is 15.2. The van der Waals surface area contributed by atoms with Crippen molar-refractivity contribution >= 4 is 23.0 Å². The van der Waals surface area contributed by atoms with E-state index in [-0.39, 0.29) is 6.04 Å². The van der Waals surface area contributed by atoms with Crippen molar-refractivity contribution in [2.24, 2.45) is 5.92 Å². The minimum atomic E-state index is 0.278. The van der Waals surface area contributed by atoms with E-state index in [9.17, 15) is 0 Å². The first-order chi connectivity index (χ1) is 10.2. The van der Waals surface area contributed by atoms with E-state index in [1.54, 1.807) is 17.7 Å². The molecule has 1 atom stereocenters. The summed E-state index contributed by atoms with van der Waals surface area (Å²) in [7, 11) is 1.91. The van der Waals surface area contributed by atoms with Crippen molar-refractivity contribution in [3.8, 4) is 0 Å². The number of hydrogen-bond donors (Lipinski definition) is 2. The van der Waals surface area contributed by atoms with E-state index in [1.807, 2.05) is 7.05 Å². The summed E-state index contributed by atoms with van der Waals surface area (Å²) in [4.78, 5) is 10.2. The lowest BCUT2D eigenvalue weighted by atomic mass is 10.0. The van der Waals surface area contributed by atoms with Crippen molar-refractivity contribution in [3.63, 3.8) is 0 Å². The maximum absolute atomic E-state index is 4.48. The number of hydrogen-bond acceptors (Lipinski definition) is 5. The lowest BCUT2D eigenvalue weighted by molar-refractivity contribution is 0.551. The summed E-state index contributed by atoms with van der Waals surface area (Å²) in [5.41, 5.74) is 1.17. The average molecular weight is 304 g/mol. The Labute approximate surface area is 131 Å². The molecule has 2 aromatic rings. The lowest BCUT2D eigenvalue weighted by Gasteiger charge is -2.24. The van der Waals surface area contributed by atoms with Crippen LogP contribution >= 0.6 is 11.3 Å². The quantitative estimate of drug-likeness (QED) is 0.799.